The average molecular weight is 685 g/mol. The van der Waals surface area contributed by atoms with E-state index >= 15 is 0 Å². The first-order chi connectivity index (χ1) is 22.4. The van der Waals surface area contributed by atoms with Crippen LogP contribution in [-0.2, 0) is 18.4 Å². The van der Waals surface area contributed by atoms with Crippen molar-refractivity contribution in [2.75, 3.05) is 40.9 Å². The van der Waals surface area contributed by atoms with Gasteiger partial charge < -0.3 is 34.0 Å². The van der Waals surface area contributed by atoms with Gasteiger partial charge in [0.25, 0.3) is 7.82 Å². The summed E-state index contributed by atoms with van der Waals surface area (Å²) in [5, 5.41) is 24.4. The number of carbonyl (C=O) groups excluding carboxylic acids is 1. The lowest BCUT2D eigenvalue weighted by Crippen LogP contribution is -2.51. The number of unbranched alkanes of at least 4 members (excludes halogenated alkanes) is 10. The molecule has 0 fully saturated rings. The van der Waals surface area contributed by atoms with Crippen LogP contribution in [0.3, 0.4) is 0 Å². The molecule has 0 radical (unpaired) electrons. The molecule has 0 saturated carbocycles. The molecule has 4 atom stereocenters. The number of allylic oxidation sites excluding steroid dienone is 8. The maximum absolute atomic E-state index is 12.8. The van der Waals surface area contributed by atoms with E-state index in [-0.39, 0.29) is 18.9 Å². The predicted molar refractivity (Wildman–Crippen MR) is 193 cm³/mol. The summed E-state index contributed by atoms with van der Waals surface area (Å²) in [5.74, 6) is -0.311. The standard InChI is InChI=1S/C37H69N2O7P/c1-6-8-10-12-14-16-18-20-21-23-25-27-29-35(40)37(42)34(33-46-47(43,44)45-32-31-39(3,4)5)38-36(41)30-28-26-24-22-19-17-15-13-11-9-7-2/h6,8,13-16,21,23,34-35,37,40,42H,7,9-12,17-20,22,24-33H2,1-5H3,(H-,38,41,43,44)/b8-6+,15-13-,16-14+,23-21+. The Kier molecular flexibility index (Phi) is 28.4. The van der Waals surface area contributed by atoms with Gasteiger partial charge in [-0.25, -0.2) is 0 Å². The van der Waals surface area contributed by atoms with Crippen LogP contribution >= 0.6 is 7.82 Å². The molecule has 0 aromatic rings. The second-order valence-electron chi connectivity index (χ2n) is 13.3. The number of hydrogen-bond acceptors (Lipinski definition) is 7. The molecule has 0 rings (SSSR count). The highest BCUT2D eigenvalue weighted by atomic mass is 31.2. The van der Waals surface area contributed by atoms with Gasteiger partial charge in [-0.05, 0) is 77.6 Å². The van der Waals surface area contributed by atoms with E-state index in [0.717, 1.165) is 70.6 Å². The molecule has 0 spiro atoms. The Morgan fingerprint density at radius 2 is 1.32 bits per heavy atom. The van der Waals surface area contributed by atoms with Crippen molar-refractivity contribution in [3.05, 3.63) is 48.6 Å². The second-order valence-corrected chi connectivity index (χ2v) is 14.8. The third-order valence-electron chi connectivity index (χ3n) is 7.68. The zero-order chi connectivity index (χ0) is 35.2. The van der Waals surface area contributed by atoms with E-state index in [4.69, 9.17) is 9.05 Å². The van der Waals surface area contributed by atoms with Crippen LogP contribution in [0.5, 0.6) is 0 Å². The number of nitrogens with one attached hydrogen (secondary N) is 1. The van der Waals surface area contributed by atoms with Gasteiger partial charge in [0.05, 0.1) is 39.9 Å². The third kappa shape index (κ3) is 30.2. The average Bonchev–Trinajstić information content (AvgIpc) is 3.01. The molecule has 4 unspecified atom stereocenters. The molecule has 0 saturated heterocycles. The maximum atomic E-state index is 12.8. The summed E-state index contributed by atoms with van der Waals surface area (Å²) in [6.45, 7) is 4.09. The fourth-order valence-electron chi connectivity index (χ4n) is 4.68. The van der Waals surface area contributed by atoms with Gasteiger partial charge in [0, 0.05) is 6.42 Å². The highest BCUT2D eigenvalue weighted by Gasteiger charge is 2.29. The molecule has 0 aliphatic carbocycles. The molecule has 0 heterocycles. The van der Waals surface area contributed by atoms with Gasteiger partial charge in [-0.3, -0.25) is 9.36 Å². The minimum Gasteiger partial charge on any atom is -0.756 e. The van der Waals surface area contributed by atoms with Crippen LogP contribution in [-0.4, -0.2) is 79.8 Å². The Labute approximate surface area is 287 Å². The lowest BCUT2D eigenvalue weighted by Gasteiger charge is -2.31. The van der Waals surface area contributed by atoms with Crippen molar-refractivity contribution < 1.29 is 38.0 Å². The Hall–Kier alpha value is -1.58. The largest absolute Gasteiger partial charge is 0.756 e. The molecule has 47 heavy (non-hydrogen) atoms. The van der Waals surface area contributed by atoms with Crippen molar-refractivity contribution >= 4 is 13.7 Å². The van der Waals surface area contributed by atoms with E-state index in [1.807, 2.05) is 28.1 Å². The number of phosphoric acid groups is 1. The molecule has 0 aliphatic rings. The summed E-state index contributed by atoms with van der Waals surface area (Å²) >= 11 is 0. The second kappa shape index (κ2) is 29.3. The van der Waals surface area contributed by atoms with Crippen molar-refractivity contribution in [3.8, 4) is 0 Å². The molecule has 0 aromatic carbocycles. The summed E-state index contributed by atoms with van der Waals surface area (Å²) in [6, 6.07) is -1.10. The van der Waals surface area contributed by atoms with Gasteiger partial charge in [-0.2, -0.15) is 0 Å². The normalized spacial score (nSPS) is 16.0. The highest BCUT2D eigenvalue weighted by Crippen LogP contribution is 2.38. The fourth-order valence-corrected chi connectivity index (χ4v) is 5.41. The predicted octanol–water partition coefficient (Wildman–Crippen LogP) is 7.30. The van der Waals surface area contributed by atoms with E-state index in [2.05, 4.69) is 60.8 Å². The zero-order valence-corrected chi connectivity index (χ0v) is 31.2. The Morgan fingerprint density at radius 3 is 1.91 bits per heavy atom. The van der Waals surface area contributed by atoms with Crippen molar-refractivity contribution in [3.63, 3.8) is 0 Å². The number of hydrogen-bond donors (Lipinski definition) is 3. The lowest BCUT2D eigenvalue weighted by atomic mass is 10.0. The molecular formula is C37H69N2O7P. The summed E-state index contributed by atoms with van der Waals surface area (Å²) in [7, 11) is 1.07. The van der Waals surface area contributed by atoms with Crippen molar-refractivity contribution in [1.82, 2.24) is 5.32 Å². The lowest BCUT2D eigenvalue weighted by molar-refractivity contribution is -0.870. The number of likely N-dealkylation sites (N-methyl/N-ethyl adjacent to an activating group) is 1. The zero-order valence-electron chi connectivity index (χ0n) is 30.3. The quantitative estimate of drug-likeness (QED) is 0.0303. The van der Waals surface area contributed by atoms with Crippen LogP contribution in [0.4, 0.5) is 0 Å². The molecular weight excluding hydrogens is 615 g/mol. The smallest absolute Gasteiger partial charge is 0.268 e. The molecule has 0 bridgehead atoms. The van der Waals surface area contributed by atoms with Crippen molar-refractivity contribution in [2.24, 2.45) is 0 Å². The number of aliphatic hydroxyl groups excluding tert-OH is 2. The van der Waals surface area contributed by atoms with Crippen LogP contribution < -0.4 is 10.2 Å². The number of amides is 1. The summed E-state index contributed by atoms with van der Waals surface area (Å²) in [6.07, 6.45) is 30.3. The van der Waals surface area contributed by atoms with Crippen molar-refractivity contribution in [1.29, 1.82) is 0 Å². The van der Waals surface area contributed by atoms with Gasteiger partial charge in [0.2, 0.25) is 5.91 Å². The summed E-state index contributed by atoms with van der Waals surface area (Å²) in [5.41, 5.74) is 0. The van der Waals surface area contributed by atoms with E-state index in [9.17, 15) is 24.5 Å². The van der Waals surface area contributed by atoms with Gasteiger partial charge >= 0.3 is 0 Å². The Morgan fingerprint density at radius 1 is 0.787 bits per heavy atom. The first-order valence-electron chi connectivity index (χ1n) is 18.0. The molecule has 10 heteroatoms. The van der Waals surface area contributed by atoms with E-state index in [1.165, 1.54) is 12.8 Å². The minimum atomic E-state index is -4.67. The molecule has 3 N–H and O–H groups in total. The number of aliphatic hydroxyl groups is 2. The number of nitrogens with zero attached hydrogens (tertiary/aromatic N) is 1. The van der Waals surface area contributed by atoms with Crippen LogP contribution in [0.15, 0.2) is 48.6 Å². The first-order valence-corrected chi connectivity index (χ1v) is 19.5. The van der Waals surface area contributed by atoms with E-state index in [0.29, 0.717) is 30.3 Å². The number of carbonyl (C=O) groups is 1. The van der Waals surface area contributed by atoms with Crippen LogP contribution in [0.1, 0.15) is 123 Å². The molecule has 0 aliphatic heterocycles. The van der Waals surface area contributed by atoms with Gasteiger partial charge in [0.15, 0.2) is 0 Å². The summed E-state index contributed by atoms with van der Waals surface area (Å²) in [4.78, 5) is 25.1. The van der Waals surface area contributed by atoms with E-state index < -0.39 is 32.7 Å². The monoisotopic (exact) mass is 684 g/mol. The number of rotatable bonds is 31. The number of quaternary nitrogens is 1. The molecule has 274 valence electrons. The fraction of sp³-hybridized carbons (Fsp3) is 0.757. The topological polar surface area (TPSA) is 128 Å². The van der Waals surface area contributed by atoms with E-state index in [1.54, 1.807) is 0 Å². The van der Waals surface area contributed by atoms with Crippen LogP contribution in [0.25, 0.3) is 0 Å². The molecule has 9 nitrogen and oxygen atoms in total. The molecule has 0 aromatic heterocycles. The van der Waals surface area contributed by atoms with Crippen molar-refractivity contribution in [2.45, 2.75) is 141 Å². The summed E-state index contributed by atoms with van der Waals surface area (Å²) < 4.78 is 22.9. The minimum absolute atomic E-state index is 0.0536. The van der Waals surface area contributed by atoms with Crippen LogP contribution in [0, 0.1) is 0 Å². The Balaban J connectivity index is 4.77. The van der Waals surface area contributed by atoms with Gasteiger partial charge in [-0.1, -0.05) is 87.6 Å². The van der Waals surface area contributed by atoms with Gasteiger partial charge in [0.1, 0.15) is 19.3 Å². The Bertz CT molecular complexity index is 930. The van der Waals surface area contributed by atoms with Crippen LogP contribution in [0.2, 0.25) is 0 Å². The number of phosphoric ester groups is 1. The highest BCUT2D eigenvalue weighted by molar-refractivity contribution is 7.45. The SMILES string of the molecule is C/C=C/CC/C=C/CC/C=C/CCCC(O)C(O)C(COP(=O)([O-])OCC[N+](C)(C)C)NC(=O)CCCCCCC/C=C\CCCC. The van der Waals surface area contributed by atoms with Gasteiger partial charge in [-0.15, -0.1) is 0 Å². The first kappa shape index (κ1) is 45.4. The maximum Gasteiger partial charge on any atom is 0.268 e. The third-order valence-corrected chi connectivity index (χ3v) is 8.65. The molecule has 1 amide bonds.